The highest BCUT2D eigenvalue weighted by Gasteiger charge is 2.26. The van der Waals surface area contributed by atoms with Crippen LogP contribution in [0.3, 0.4) is 0 Å². The van der Waals surface area contributed by atoms with Gasteiger partial charge in [-0.1, -0.05) is 0 Å². The molecule has 2 heterocycles. The van der Waals surface area contributed by atoms with Crippen LogP contribution in [0.1, 0.15) is 25.7 Å². The fourth-order valence-corrected chi connectivity index (χ4v) is 1.96. The van der Waals surface area contributed by atoms with Crippen LogP contribution in [0.25, 0.3) is 0 Å². The summed E-state index contributed by atoms with van der Waals surface area (Å²) >= 11 is 0. The van der Waals surface area contributed by atoms with Crippen molar-refractivity contribution in [2.24, 2.45) is 0 Å². The van der Waals surface area contributed by atoms with Gasteiger partial charge in [-0.05, 0) is 39.3 Å². The van der Waals surface area contributed by atoms with Gasteiger partial charge in [-0.15, -0.1) is 0 Å². The van der Waals surface area contributed by atoms with Crippen LogP contribution in [0.2, 0.25) is 0 Å². The van der Waals surface area contributed by atoms with E-state index in [2.05, 4.69) is 11.9 Å². The van der Waals surface area contributed by atoms with E-state index < -0.39 is 0 Å². The average molecular weight is 155 g/mol. The second-order valence-corrected chi connectivity index (χ2v) is 3.81. The third-order valence-electron chi connectivity index (χ3n) is 2.90. The Labute approximate surface area is 68.5 Å². The van der Waals surface area contributed by atoms with E-state index in [1.807, 2.05) is 0 Å². The van der Waals surface area contributed by atoms with Gasteiger partial charge in [0.05, 0.1) is 12.7 Å². The molecule has 11 heavy (non-hydrogen) atoms. The minimum absolute atomic E-state index is 0.629. The lowest BCUT2D eigenvalue weighted by molar-refractivity contribution is 0.279. The number of ether oxygens (including phenoxy) is 1. The molecule has 0 saturated carbocycles. The Balaban J connectivity index is 1.67. The van der Waals surface area contributed by atoms with Gasteiger partial charge in [0.15, 0.2) is 0 Å². The van der Waals surface area contributed by atoms with Crippen LogP contribution < -0.4 is 0 Å². The van der Waals surface area contributed by atoms with Gasteiger partial charge in [0.2, 0.25) is 0 Å². The van der Waals surface area contributed by atoms with Gasteiger partial charge in [-0.3, -0.25) is 0 Å². The minimum Gasteiger partial charge on any atom is -0.373 e. The maximum absolute atomic E-state index is 5.19. The van der Waals surface area contributed by atoms with Crippen molar-refractivity contribution in [1.82, 2.24) is 4.90 Å². The Morgan fingerprint density at radius 1 is 1.45 bits per heavy atom. The number of hydrogen-bond acceptors (Lipinski definition) is 2. The predicted molar refractivity (Wildman–Crippen MR) is 44.6 cm³/mol. The van der Waals surface area contributed by atoms with E-state index in [-0.39, 0.29) is 0 Å². The summed E-state index contributed by atoms with van der Waals surface area (Å²) in [4.78, 5) is 2.49. The van der Waals surface area contributed by atoms with Gasteiger partial charge >= 0.3 is 0 Å². The van der Waals surface area contributed by atoms with Crippen molar-refractivity contribution in [2.75, 3.05) is 20.2 Å². The fraction of sp³-hybridized carbons (Fsp3) is 1.00. The van der Waals surface area contributed by atoms with Crippen LogP contribution in [0.15, 0.2) is 0 Å². The van der Waals surface area contributed by atoms with Crippen LogP contribution in [0.5, 0.6) is 0 Å². The van der Waals surface area contributed by atoms with Gasteiger partial charge in [0.1, 0.15) is 0 Å². The maximum atomic E-state index is 5.19. The monoisotopic (exact) mass is 155 g/mol. The maximum Gasteiger partial charge on any atom is 0.0810 e. The molecule has 0 amide bonds. The first-order chi connectivity index (χ1) is 5.36. The normalized spacial score (nSPS) is 37.9. The molecule has 2 heteroatoms. The Hall–Kier alpha value is -0.0800. The van der Waals surface area contributed by atoms with Crippen molar-refractivity contribution in [3.8, 4) is 0 Å². The zero-order chi connectivity index (χ0) is 7.68. The second-order valence-electron chi connectivity index (χ2n) is 3.81. The third-order valence-corrected chi connectivity index (χ3v) is 2.90. The highest BCUT2D eigenvalue weighted by molar-refractivity contribution is 4.79. The van der Waals surface area contributed by atoms with Crippen LogP contribution in [-0.4, -0.2) is 37.2 Å². The van der Waals surface area contributed by atoms with Gasteiger partial charge in [0, 0.05) is 6.04 Å². The Kier molecular flexibility index (Phi) is 2.14. The molecule has 2 nitrogen and oxygen atoms in total. The van der Waals surface area contributed by atoms with E-state index in [1.54, 1.807) is 0 Å². The Bertz CT molecular complexity index is 134. The molecule has 0 aromatic rings. The van der Waals surface area contributed by atoms with E-state index in [9.17, 15) is 0 Å². The molecule has 2 aliphatic rings. The number of epoxide rings is 1. The summed E-state index contributed by atoms with van der Waals surface area (Å²) in [6, 6.07) is 0.860. The highest BCUT2D eigenvalue weighted by atomic mass is 16.6. The minimum atomic E-state index is 0.629. The van der Waals surface area contributed by atoms with Gasteiger partial charge in [-0.25, -0.2) is 0 Å². The molecule has 0 bridgehead atoms. The molecule has 0 aromatic heterocycles. The molecule has 2 saturated heterocycles. The zero-order valence-electron chi connectivity index (χ0n) is 7.25. The number of rotatable bonds is 3. The second kappa shape index (κ2) is 3.11. The lowest BCUT2D eigenvalue weighted by atomic mass is 10.1. The van der Waals surface area contributed by atoms with Crippen molar-refractivity contribution < 1.29 is 4.74 Å². The van der Waals surface area contributed by atoms with E-state index in [0.717, 1.165) is 12.6 Å². The summed E-state index contributed by atoms with van der Waals surface area (Å²) in [5.74, 6) is 0. The molecular weight excluding hydrogens is 138 g/mol. The average Bonchev–Trinajstić information content (AvgIpc) is 2.73. The number of nitrogens with zero attached hydrogens (tertiary/aromatic N) is 1. The predicted octanol–water partition coefficient (Wildman–Crippen LogP) is 1.26. The summed E-state index contributed by atoms with van der Waals surface area (Å²) in [6.45, 7) is 2.33. The molecule has 2 fully saturated rings. The summed E-state index contributed by atoms with van der Waals surface area (Å²) < 4.78 is 5.19. The molecule has 0 aromatic carbocycles. The molecule has 0 aliphatic carbocycles. The van der Waals surface area contributed by atoms with Gasteiger partial charge < -0.3 is 9.64 Å². The van der Waals surface area contributed by atoms with Crippen LogP contribution >= 0.6 is 0 Å². The molecule has 2 atom stereocenters. The summed E-state index contributed by atoms with van der Waals surface area (Å²) in [7, 11) is 2.24. The smallest absolute Gasteiger partial charge is 0.0810 e. The van der Waals surface area contributed by atoms with Crippen molar-refractivity contribution in [2.45, 2.75) is 37.8 Å². The summed E-state index contributed by atoms with van der Waals surface area (Å²) in [6.07, 6.45) is 6.07. The summed E-state index contributed by atoms with van der Waals surface area (Å²) in [5.41, 5.74) is 0. The van der Waals surface area contributed by atoms with E-state index >= 15 is 0 Å². The highest BCUT2D eigenvalue weighted by Crippen LogP contribution is 2.23. The molecular formula is C9H17NO. The van der Waals surface area contributed by atoms with Crippen molar-refractivity contribution in [3.63, 3.8) is 0 Å². The quantitative estimate of drug-likeness (QED) is 0.570. The molecule has 0 N–H and O–H groups in total. The zero-order valence-corrected chi connectivity index (χ0v) is 7.25. The van der Waals surface area contributed by atoms with Crippen molar-refractivity contribution in [3.05, 3.63) is 0 Å². The summed E-state index contributed by atoms with van der Waals surface area (Å²) in [5, 5.41) is 0. The molecule has 2 rings (SSSR count). The Morgan fingerprint density at radius 2 is 2.27 bits per heavy atom. The van der Waals surface area contributed by atoms with Crippen LogP contribution in [0, 0.1) is 0 Å². The first kappa shape index (κ1) is 7.56. The first-order valence-corrected chi connectivity index (χ1v) is 4.68. The van der Waals surface area contributed by atoms with Crippen molar-refractivity contribution >= 4 is 0 Å². The topological polar surface area (TPSA) is 15.8 Å². The molecule has 0 radical (unpaired) electrons. The van der Waals surface area contributed by atoms with E-state index in [0.29, 0.717) is 6.10 Å². The van der Waals surface area contributed by atoms with Crippen molar-refractivity contribution in [1.29, 1.82) is 0 Å². The Morgan fingerprint density at radius 3 is 2.82 bits per heavy atom. The number of hydrogen-bond donors (Lipinski definition) is 0. The van der Waals surface area contributed by atoms with Gasteiger partial charge in [0.25, 0.3) is 0 Å². The molecule has 64 valence electrons. The molecule has 2 unspecified atom stereocenters. The lowest BCUT2D eigenvalue weighted by Crippen LogP contribution is -2.24. The molecule has 0 spiro atoms. The van der Waals surface area contributed by atoms with Crippen LogP contribution in [0.4, 0.5) is 0 Å². The lowest BCUT2D eigenvalue weighted by Gasteiger charge is -2.18. The fourth-order valence-electron chi connectivity index (χ4n) is 1.96. The van der Waals surface area contributed by atoms with E-state index in [1.165, 1.54) is 32.2 Å². The first-order valence-electron chi connectivity index (χ1n) is 4.68. The number of likely N-dealkylation sites (tertiary alicyclic amines) is 1. The molecule has 2 aliphatic heterocycles. The van der Waals surface area contributed by atoms with E-state index in [4.69, 9.17) is 4.74 Å². The van der Waals surface area contributed by atoms with Crippen LogP contribution in [-0.2, 0) is 4.74 Å². The largest absolute Gasteiger partial charge is 0.373 e. The third kappa shape index (κ3) is 1.94. The SMILES string of the molecule is CN1CCCC1CCC1CO1. The van der Waals surface area contributed by atoms with Gasteiger partial charge in [-0.2, -0.15) is 0 Å². The standard InChI is InChI=1S/C9H17NO/c1-10-6-2-3-8(10)4-5-9-7-11-9/h8-9H,2-7H2,1H3.